The highest BCUT2D eigenvalue weighted by molar-refractivity contribution is 5.76. The van der Waals surface area contributed by atoms with E-state index in [0.717, 1.165) is 0 Å². The summed E-state index contributed by atoms with van der Waals surface area (Å²) in [5.41, 5.74) is 5.43. The minimum Gasteiger partial charge on any atom is -0.468 e. The van der Waals surface area contributed by atoms with E-state index in [-0.39, 0.29) is 5.91 Å². The molecule has 3 N–H and O–H groups in total. The highest BCUT2D eigenvalue weighted by Crippen LogP contribution is 1.89. The van der Waals surface area contributed by atoms with Crippen LogP contribution in [0.3, 0.4) is 0 Å². The Kier molecular flexibility index (Phi) is 5.88. The zero-order valence-electron chi connectivity index (χ0n) is 8.00. The molecule has 0 saturated carbocycles. The summed E-state index contributed by atoms with van der Waals surface area (Å²) < 4.78 is 4.42. The fourth-order valence-corrected chi connectivity index (χ4v) is 0.761. The van der Waals surface area contributed by atoms with Gasteiger partial charge in [0.15, 0.2) is 0 Å². The standard InChI is InChI=1S/C8H16N2O3/c1-3-7(11)10-5-4-6(9)8(12)13-2/h6H,3-5,9H2,1-2H3,(H,10,11). The van der Waals surface area contributed by atoms with Crippen molar-refractivity contribution in [1.82, 2.24) is 5.32 Å². The van der Waals surface area contributed by atoms with Crippen LogP contribution < -0.4 is 11.1 Å². The molecule has 0 aromatic heterocycles. The van der Waals surface area contributed by atoms with Gasteiger partial charge in [-0.15, -0.1) is 0 Å². The minimum atomic E-state index is -0.651. The van der Waals surface area contributed by atoms with Crippen LogP contribution in [0.4, 0.5) is 0 Å². The van der Waals surface area contributed by atoms with Gasteiger partial charge in [-0.2, -0.15) is 0 Å². The number of nitrogens with one attached hydrogen (secondary N) is 1. The van der Waals surface area contributed by atoms with Crippen molar-refractivity contribution in [3.63, 3.8) is 0 Å². The summed E-state index contributed by atoms with van der Waals surface area (Å²) in [4.78, 5) is 21.6. The van der Waals surface area contributed by atoms with Crippen molar-refractivity contribution in [3.05, 3.63) is 0 Å². The number of ether oxygens (including phenoxy) is 1. The Labute approximate surface area is 77.6 Å². The van der Waals surface area contributed by atoms with E-state index in [9.17, 15) is 9.59 Å². The summed E-state index contributed by atoms with van der Waals surface area (Å²) in [6.45, 7) is 2.17. The zero-order valence-corrected chi connectivity index (χ0v) is 8.00. The van der Waals surface area contributed by atoms with Crippen molar-refractivity contribution in [2.45, 2.75) is 25.8 Å². The molecule has 1 unspecified atom stereocenters. The Morgan fingerprint density at radius 1 is 1.54 bits per heavy atom. The first kappa shape index (κ1) is 11.9. The molecule has 0 aliphatic carbocycles. The molecule has 0 saturated heterocycles. The summed E-state index contributed by atoms with van der Waals surface area (Å²) in [5.74, 6) is -0.497. The van der Waals surface area contributed by atoms with E-state index >= 15 is 0 Å². The van der Waals surface area contributed by atoms with Gasteiger partial charge >= 0.3 is 5.97 Å². The number of hydrogen-bond donors (Lipinski definition) is 2. The third kappa shape index (κ3) is 5.19. The van der Waals surface area contributed by atoms with Gasteiger partial charge in [-0.05, 0) is 6.42 Å². The summed E-state index contributed by atoms with van der Waals surface area (Å²) in [6, 6.07) is -0.651. The number of carbonyl (C=O) groups excluding carboxylic acids is 2. The summed E-state index contributed by atoms with van der Waals surface area (Å²) in [5, 5.41) is 2.62. The first-order valence-corrected chi connectivity index (χ1v) is 4.22. The van der Waals surface area contributed by atoms with Crippen molar-refractivity contribution in [3.8, 4) is 0 Å². The average molecular weight is 188 g/mol. The molecule has 0 spiro atoms. The molecule has 0 rings (SSSR count). The molecule has 0 heterocycles. The highest BCUT2D eigenvalue weighted by Gasteiger charge is 2.12. The maximum atomic E-state index is 10.8. The van der Waals surface area contributed by atoms with Gasteiger partial charge in [0.25, 0.3) is 0 Å². The lowest BCUT2D eigenvalue weighted by Crippen LogP contribution is -2.36. The summed E-state index contributed by atoms with van der Waals surface area (Å²) in [6.07, 6.45) is 0.839. The molecule has 0 aromatic rings. The van der Waals surface area contributed by atoms with Gasteiger partial charge < -0.3 is 15.8 Å². The number of carbonyl (C=O) groups is 2. The summed E-state index contributed by atoms with van der Waals surface area (Å²) in [7, 11) is 1.28. The molecule has 0 aliphatic rings. The zero-order chi connectivity index (χ0) is 10.3. The van der Waals surface area contributed by atoms with Gasteiger partial charge in [0.05, 0.1) is 7.11 Å². The quantitative estimate of drug-likeness (QED) is 0.565. The van der Waals surface area contributed by atoms with Crippen molar-refractivity contribution in [2.75, 3.05) is 13.7 Å². The third-order valence-corrected chi connectivity index (χ3v) is 1.60. The lowest BCUT2D eigenvalue weighted by Gasteiger charge is -2.09. The Morgan fingerprint density at radius 3 is 2.62 bits per heavy atom. The van der Waals surface area contributed by atoms with Crippen LogP contribution in [0.5, 0.6) is 0 Å². The Hall–Kier alpha value is -1.10. The van der Waals surface area contributed by atoms with E-state index < -0.39 is 12.0 Å². The number of methoxy groups -OCH3 is 1. The van der Waals surface area contributed by atoms with Crippen LogP contribution >= 0.6 is 0 Å². The van der Waals surface area contributed by atoms with Crippen molar-refractivity contribution in [1.29, 1.82) is 0 Å². The number of esters is 1. The van der Waals surface area contributed by atoms with Crippen LogP contribution in [0.2, 0.25) is 0 Å². The predicted molar refractivity (Wildman–Crippen MR) is 47.9 cm³/mol. The normalized spacial score (nSPS) is 11.9. The monoisotopic (exact) mass is 188 g/mol. The maximum absolute atomic E-state index is 10.8. The lowest BCUT2D eigenvalue weighted by atomic mass is 10.2. The highest BCUT2D eigenvalue weighted by atomic mass is 16.5. The molecular formula is C8H16N2O3. The maximum Gasteiger partial charge on any atom is 0.322 e. The SMILES string of the molecule is CCC(=O)NCCC(N)C(=O)OC. The fourth-order valence-electron chi connectivity index (χ4n) is 0.761. The van der Waals surface area contributed by atoms with E-state index in [1.165, 1.54) is 7.11 Å². The van der Waals surface area contributed by atoms with E-state index in [4.69, 9.17) is 5.73 Å². The number of hydrogen-bond acceptors (Lipinski definition) is 4. The lowest BCUT2D eigenvalue weighted by molar-refractivity contribution is -0.142. The molecule has 76 valence electrons. The van der Waals surface area contributed by atoms with Crippen LogP contribution in [0.1, 0.15) is 19.8 Å². The van der Waals surface area contributed by atoms with Gasteiger partial charge in [0, 0.05) is 13.0 Å². The topological polar surface area (TPSA) is 81.4 Å². The smallest absolute Gasteiger partial charge is 0.322 e. The largest absolute Gasteiger partial charge is 0.468 e. The van der Waals surface area contributed by atoms with Crippen LogP contribution in [0, 0.1) is 0 Å². The van der Waals surface area contributed by atoms with Crippen molar-refractivity contribution < 1.29 is 14.3 Å². The Bertz CT molecular complexity index is 182. The van der Waals surface area contributed by atoms with Gasteiger partial charge in [-0.1, -0.05) is 6.92 Å². The molecule has 5 heteroatoms. The second-order valence-electron chi connectivity index (χ2n) is 2.62. The van der Waals surface area contributed by atoms with Crippen molar-refractivity contribution >= 4 is 11.9 Å². The molecule has 0 radical (unpaired) electrons. The molecule has 0 fully saturated rings. The van der Waals surface area contributed by atoms with E-state index in [1.807, 2.05) is 0 Å². The fraction of sp³-hybridized carbons (Fsp3) is 0.750. The van der Waals surface area contributed by atoms with E-state index in [1.54, 1.807) is 6.92 Å². The van der Waals surface area contributed by atoms with Gasteiger partial charge in [0.1, 0.15) is 6.04 Å². The van der Waals surface area contributed by atoms with Crippen LogP contribution in [-0.2, 0) is 14.3 Å². The number of rotatable bonds is 5. The number of nitrogens with two attached hydrogens (primary N) is 1. The first-order valence-electron chi connectivity index (χ1n) is 4.22. The van der Waals surface area contributed by atoms with Gasteiger partial charge in [0.2, 0.25) is 5.91 Å². The molecule has 0 aromatic carbocycles. The third-order valence-electron chi connectivity index (χ3n) is 1.60. The van der Waals surface area contributed by atoms with Crippen molar-refractivity contribution in [2.24, 2.45) is 5.73 Å². The van der Waals surface area contributed by atoms with Gasteiger partial charge in [-0.3, -0.25) is 9.59 Å². The average Bonchev–Trinajstić information content (AvgIpc) is 2.15. The minimum absolute atomic E-state index is 0.0444. The second kappa shape index (κ2) is 6.42. The second-order valence-corrected chi connectivity index (χ2v) is 2.62. The Balaban J connectivity index is 3.53. The molecule has 1 amide bonds. The Morgan fingerprint density at radius 2 is 2.15 bits per heavy atom. The molecule has 5 nitrogen and oxygen atoms in total. The van der Waals surface area contributed by atoms with Crippen LogP contribution in [-0.4, -0.2) is 31.6 Å². The molecule has 0 bridgehead atoms. The van der Waals surface area contributed by atoms with E-state index in [0.29, 0.717) is 19.4 Å². The summed E-state index contributed by atoms with van der Waals surface area (Å²) >= 11 is 0. The van der Waals surface area contributed by atoms with E-state index in [2.05, 4.69) is 10.1 Å². The number of amides is 1. The molecule has 0 aliphatic heterocycles. The predicted octanol–water partition coefficient (Wildman–Crippen LogP) is -0.597. The van der Waals surface area contributed by atoms with Crippen LogP contribution in [0.25, 0.3) is 0 Å². The first-order chi connectivity index (χ1) is 6.11. The molecule has 1 atom stereocenters. The van der Waals surface area contributed by atoms with Gasteiger partial charge in [-0.25, -0.2) is 0 Å². The van der Waals surface area contributed by atoms with Crippen LogP contribution in [0.15, 0.2) is 0 Å². The molecule has 13 heavy (non-hydrogen) atoms. The molecular weight excluding hydrogens is 172 g/mol.